The van der Waals surface area contributed by atoms with Crippen LogP contribution in [0, 0.1) is 0 Å². The minimum atomic E-state index is -0.0113. The molecule has 0 atom stereocenters. The number of rotatable bonds is 4. The van der Waals surface area contributed by atoms with E-state index in [9.17, 15) is 4.79 Å². The highest BCUT2D eigenvalue weighted by molar-refractivity contribution is 5.84. The Hall–Kier alpha value is -1.30. The number of aliphatic imine (C=N–C) groups is 1. The zero-order chi connectivity index (χ0) is 11.3. The average molecular weight is 213 g/mol. The summed E-state index contributed by atoms with van der Waals surface area (Å²) in [5.41, 5.74) is 2.45. The molecular formula is C9H19N5O. The van der Waals surface area contributed by atoms with E-state index in [1.54, 1.807) is 11.9 Å². The Kier molecular flexibility index (Phi) is 4.36. The molecule has 4 N–H and O–H groups in total. The number of carbonyl (C=O) groups excluding carboxylic acids is 1. The normalized spacial score (nSPS) is 16.1. The topological polar surface area (TPSA) is 82.8 Å². The van der Waals surface area contributed by atoms with Crippen LogP contribution in [0.25, 0.3) is 0 Å². The standard InChI is InChI=1S/C9H19N5O/c1-3-14(2)8(15)6-11-9(13-10)12-7-4-5-7/h7H,3-6,10H2,1-2H3,(H2,11,12,13). The van der Waals surface area contributed by atoms with Crippen LogP contribution < -0.4 is 16.6 Å². The number of nitrogens with zero attached hydrogens (tertiary/aromatic N) is 2. The minimum Gasteiger partial charge on any atom is -0.353 e. The van der Waals surface area contributed by atoms with E-state index in [1.165, 1.54) is 0 Å². The van der Waals surface area contributed by atoms with Gasteiger partial charge in [0.05, 0.1) is 0 Å². The van der Waals surface area contributed by atoms with Crippen LogP contribution in [0.5, 0.6) is 0 Å². The first kappa shape index (κ1) is 11.8. The van der Waals surface area contributed by atoms with Crippen LogP contribution in [0.2, 0.25) is 0 Å². The first-order chi connectivity index (χ1) is 7.17. The van der Waals surface area contributed by atoms with Gasteiger partial charge in [0.25, 0.3) is 0 Å². The maximum Gasteiger partial charge on any atom is 0.244 e. The molecule has 1 rings (SSSR count). The van der Waals surface area contributed by atoms with E-state index in [-0.39, 0.29) is 12.5 Å². The highest BCUT2D eigenvalue weighted by atomic mass is 16.2. The van der Waals surface area contributed by atoms with Crippen molar-refractivity contribution in [2.75, 3.05) is 20.1 Å². The molecule has 0 radical (unpaired) electrons. The Morgan fingerprint density at radius 1 is 1.60 bits per heavy atom. The molecule has 0 saturated heterocycles. The number of amides is 1. The summed E-state index contributed by atoms with van der Waals surface area (Å²) in [7, 11) is 1.75. The number of likely N-dealkylation sites (N-methyl/N-ethyl adjacent to an activating group) is 1. The van der Waals surface area contributed by atoms with E-state index in [0.717, 1.165) is 12.8 Å². The van der Waals surface area contributed by atoms with E-state index in [1.807, 2.05) is 6.92 Å². The molecule has 1 saturated carbocycles. The van der Waals surface area contributed by atoms with Crippen molar-refractivity contribution in [3.05, 3.63) is 0 Å². The van der Waals surface area contributed by atoms with Gasteiger partial charge in [-0.1, -0.05) is 0 Å². The number of nitrogens with one attached hydrogen (secondary N) is 2. The lowest BCUT2D eigenvalue weighted by atomic mass is 10.5. The SMILES string of the molecule is CCN(C)C(=O)CN=C(NN)NC1CC1. The number of carbonyl (C=O) groups is 1. The second kappa shape index (κ2) is 5.55. The molecule has 0 aromatic heterocycles. The molecular weight excluding hydrogens is 194 g/mol. The van der Waals surface area contributed by atoms with Gasteiger partial charge in [-0.2, -0.15) is 0 Å². The Balaban J connectivity index is 2.34. The van der Waals surface area contributed by atoms with Crippen LogP contribution in [0.1, 0.15) is 19.8 Å². The summed E-state index contributed by atoms with van der Waals surface area (Å²) in [6.45, 7) is 2.74. The fourth-order valence-corrected chi connectivity index (χ4v) is 0.998. The minimum absolute atomic E-state index is 0.0113. The van der Waals surface area contributed by atoms with Crippen LogP contribution in [-0.4, -0.2) is 42.9 Å². The summed E-state index contributed by atoms with van der Waals surface area (Å²) in [6, 6.07) is 0.471. The second-order valence-electron chi connectivity index (χ2n) is 3.64. The first-order valence-electron chi connectivity index (χ1n) is 5.19. The second-order valence-corrected chi connectivity index (χ2v) is 3.64. The molecule has 0 unspecified atom stereocenters. The molecule has 0 aliphatic heterocycles. The number of hydrogen-bond acceptors (Lipinski definition) is 3. The van der Waals surface area contributed by atoms with Crippen LogP contribution >= 0.6 is 0 Å². The molecule has 1 fully saturated rings. The fourth-order valence-electron chi connectivity index (χ4n) is 0.998. The lowest BCUT2D eigenvalue weighted by Gasteiger charge is -2.13. The molecule has 15 heavy (non-hydrogen) atoms. The Morgan fingerprint density at radius 3 is 2.73 bits per heavy atom. The van der Waals surface area contributed by atoms with E-state index in [0.29, 0.717) is 18.5 Å². The van der Waals surface area contributed by atoms with E-state index >= 15 is 0 Å². The van der Waals surface area contributed by atoms with E-state index < -0.39 is 0 Å². The number of hydrazine groups is 1. The quantitative estimate of drug-likeness (QED) is 0.243. The lowest BCUT2D eigenvalue weighted by molar-refractivity contribution is -0.128. The molecule has 0 aromatic carbocycles. The molecule has 0 bridgehead atoms. The van der Waals surface area contributed by atoms with Gasteiger partial charge >= 0.3 is 0 Å². The number of hydrogen-bond donors (Lipinski definition) is 3. The zero-order valence-electron chi connectivity index (χ0n) is 9.29. The Labute approximate surface area is 89.9 Å². The molecule has 1 aliphatic rings. The monoisotopic (exact) mass is 213 g/mol. The third-order valence-electron chi connectivity index (χ3n) is 2.33. The molecule has 0 aromatic rings. The molecule has 6 heteroatoms. The van der Waals surface area contributed by atoms with E-state index in [2.05, 4.69) is 15.7 Å². The van der Waals surface area contributed by atoms with Crippen molar-refractivity contribution in [1.29, 1.82) is 0 Å². The van der Waals surface area contributed by atoms with Gasteiger partial charge in [0.15, 0.2) is 0 Å². The van der Waals surface area contributed by atoms with Crippen LogP contribution in [0.3, 0.4) is 0 Å². The van der Waals surface area contributed by atoms with Gasteiger partial charge in [0.2, 0.25) is 11.9 Å². The van der Waals surface area contributed by atoms with Gasteiger partial charge in [0.1, 0.15) is 6.54 Å². The molecule has 86 valence electrons. The van der Waals surface area contributed by atoms with Crippen LogP contribution in [-0.2, 0) is 4.79 Å². The van der Waals surface area contributed by atoms with Gasteiger partial charge in [0, 0.05) is 19.6 Å². The van der Waals surface area contributed by atoms with Gasteiger partial charge in [-0.25, -0.2) is 10.8 Å². The predicted octanol–water partition coefficient (Wildman–Crippen LogP) is -0.964. The summed E-state index contributed by atoms with van der Waals surface area (Å²) < 4.78 is 0. The maximum absolute atomic E-state index is 11.4. The van der Waals surface area contributed by atoms with Gasteiger partial charge in [-0.05, 0) is 19.8 Å². The van der Waals surface area contributed by atoms with Gasteiger partial charge < -0.3 is 10.2 Å². The Morgan fingerprint density at radius 2 is 2.27 bits per heavy atom. The molecule has 1 aliphatic carbocycles. The molecule has 1 amide bonds. The van der Waals surface area contributed by atoms with Crippen molar-refractivity contribution >= 4 is 11.9 Å². The van der Waals surface area contributed by atoms with Crippen molar-refractivity contribution in [3.8, 4) is 0 Å². The molecule has 0 spiro atoms. The highest BCUT2D eigenvalue weighted by Gasteiger charge is 2.22. The third-order valence-corrected chi connectivity index (χ3v) is 2.33. The van der Waals surface area contributed by atoms with Crippen molar-refractivity contribution < 1.29 is 4.79 Å². The van der Waals surface area contributed by atoms with Crippen LogP contribution in [0.4, 0.5) is 0 Å². The molecule has 6 nitrogen and oxygen atoms in total. The fraction of sp³-hybridized carbons (Fsp3) is 0.778. The van der Waals surface area contributed by atoms with Crippen molar-refractivity contribution in [2.45, 2.75) is 25.8 Å². The highest BCUT2D eigenvalue weighted by Crippen LogP contribution is 2.18. The van der Waals surface area contributed by atoms with Gasteiger partial charge in [-0.3, -0.25) is 10.2 Å². The molecule has 0 heterocycles. The zero-order valence-corrected chi connectivity index (χ0v) is 9.29. The maximum atomic E-state index is 11.4. The summed E-state index contributed by atoms with van der Waals surface area (Å²) in [5.74, 6) is 5.76. The smallest absolute Gasteiger partial charge is 0.244 e. The average Bonchev–Trinajstić information content (AvgIpc) is 3.06. The summed E-state index contributed by atoms with van der Waals surface area (Å²) in [4.78, 5) is 17.1. The summed E-state index contributed by atoms with van der Waals surface area (Å²) in [5, 5.41) is 3.10. The van der Waals surface area contributed by atoms with Gasteiger partial charge in [-0.15, -0.1) is 0 Å². The number of guanidine groups is 1. The number of nitrogens with two attached hydrogens (primary N) is 1. The van der Waals surface area contributed by atoms with Crippen molar-refractivity contribution in [1.82, 2.24) is 15.6 Å². The largest absolute Gasteiger partial charge is 0.353 e. The summed E-state index contributed by atoms with van der Waals surface area (Å²) >= 11 is 0. The predicted molar refractivity (Wildman–Crippen MR) is 59.1 cm³/mol. The lowest BCUT2D eigenvalue weighted by Crippen LogP contribution is -2.43. The van der Waals surface area contributed by atoms with E-state index in [4.69, 9.17) is 5.84 Å². The van der Waals surface area contributed by atoms with Crippen LogP contribution in [0.15, 0.2) is 4.99 Å². The van der Waals surface area contributed by atoms with Crippen molar-refractivity contribution in [3.63, 3.8) is 0 Å². The first-order valence-corrected chi connectivity index (χ1v) is 5.19. The third kappa shape index (κ3) is 4.16. The summed E-state index contributed by atoms with van der Waals surface area (Å²) in [6.07, 6.45) is 2.28. The van der Waals surface area contributed by atoms with Crippen molar-refractivity contribution in [2.24, 2.45) is 10.8 Å². The Bertz CT molecular complexity index is 249.